The molecule has 0 bridgehead atoms. The first-order valence-corrected chi connectivity index (χ1v) is 5.89. The Morgan fingerprint density at radius 1 is 0.647 bits per heavy atom. The van der Waals surface area contributed by atoms with Crippen LogP contribution in [0.3, 0.4) is 0 Å². The van der Waals surface area contributed by atoms with Crippen LogP contribution >= 0.6 is 0 Å². The first kappa shape index (κ1) is 11.7. The lowest BCUT2D eigenvalue weighted by Crippen LogP contribution is -1.92. The third-order valence-corrected chi connectivity index (χ3v) is 3.10. The van der Waals surface area contributed by atoms with Gasteiger partial charge in [0.05, 0.1) is 0 Å². The van der Waals surface area contributed by atoms with Crippen LogP contribution in [0.4, 0.5) is 0 Å². The zero-order chi connectivity index (χ0) is 12.4. The van der Waals surface area contributed by atoms with E-state index in [1.54, 1.807) is 0 Å². The number of benzene rings is 2. The van der Waals surface area contributed by atoms with Crippen LogP contribution in [-0.4, -0.2) is 0 Å². The van der Waals surface area contributed by atoms with E-state index in [1.807, 2.05) is 18.2 Å². The summed E-state index contributed by atoms with van der Waals surface area (Å²) in [5.41, 5.74) is 4.90. The highest BCUT2D eigenvalue weighted by Gasteiger charge is 2.05. The second-order valence-corrected chi connectivity index (χ2v) is 4.57. The van der Waals surface area contributed by atoms with Crippen LogP contribution in [-0.2, 0) is 0 Å². The fourth-order valence-electron chi connectivity index (χ4n) is 1.83. The molecule has 2 aromatic carbocycles. The van der Waals surface area contributed by atoms with Crippen LogP contribution in [0.5, 0.6) is 11.5 Å². The molecule has 0 amide bonds. The molecule has 2 rings (SSSR count). The van der Waals surface area contributed by atoms with Gasteiger partial charge in [0.15, 0.2) is 0 Å². The maximum Gasteiger partial charge on any atom is 0.130 e. The highest BCUT2D eigenvalue weighted by Crippen LogP contribution is 2.29. The number of hydrogen-bond donors (Lipinski definition) is 0. The van der Waals surface area contributed by atoms with E-state index >= 15 is 0 Å². The quantitative estimate of drug-likeness (QED) is 0.720. The lowest BCUT2D eigenvalue weighted by molar-refractivity contribution is 0.474. The number of aryl methyl sites for hydroxylation is 4. The largest absolute Gasteiger partial charge is 0.457 e. The minimum Gasteiger partial charge on any atom is -0.457 e. The molecule has 0 aliphatic carbocycles. The maximum atomic E-state index is 5.98. The Morgan fingerprint density at radius 3 is 2.00 bits per heavy atom. The summed E-state index contributed by atoms with van der Waals surface area (Å²) in [5.74, 6) is 1.88. The second kappa shape index (κ2) is 4.62. The van der Waals surface area contributed by atoms with Crippen LogP contribution < -0.4 is 4.74 Å². The van der Waals surface area contributed by atoms with Gasteiger partial charge < -0.3 is 4.74 Å². The summed E-state index contributed by atoms with van der Waals surface area (Å²) in [6.45, 7) is 8.38. The summed E-state index contributed by atoms with van der Waals surface area (Å²) in [6, 6.07) is 12.4. The standard InChI is InChI=1S/C16H18O/c1-11-7-5-6-8-15(11)17-16-10-13(3)12(2)9-14(16)4/h5-10H,1-4H3. The molecule has 1 heteroatoms. The molecular formula is C16H18O. The van der Waals surface area contributed by atoms with Gasteiger partial charge in [0.1, 0.15) is 11.5 Å². The van der Waals surface area contributed by atoms with Crippen LogP contribution in [0.15, 0.2) is 36.4 Å². The van der Waals surface area contributed by atoms with E-state index in [1.165, 1.54) is 16.7 Å². The van der Waals surface area contributed by atoms with Crippen molar-refractivity contribution < 1.29 is 4.74 Å². The van der Waals surface area contributed by atoms with Crippen molar-refractivity contribution in [2.24, 2.45) is 0 Å². The molecule has 88 valence electrons. The van der Waals surface area contributed by atoms with Gasteiger partial charge >= 0.3 is 0 Å². The van der Waals surface area contributed by atoms with Crippen molar-refractivity contribution in [3.05, 3.63) is 58.7 Å². The smallest absolute Gasteiger partial charge is 0.130 e. The Kier molecular flexibility index (Phi) is 3.19. The average molecular weight is 226 g/mol. The van der Waals surface area contributed by atoms with Crippen molar-refractivity contribution in [3.8, 4) is 11.5 Å². The van der Waals surface area contributed by atoms with Gasteiger partial charge in [-0.05, 0) is 62.1 Å². The summed E-state index contributed by atoms with van der Waals surface area (Å²) in [5, 5.41) is 0. The highest BCUT2D eigenvalue weighted by molar-refractivity contribution is 5.44. The Bertz CT molecular complexity index is 541. The van der Waals surface area contributed by atoms with Crippen LogP contribution in [0.25, 0.3) is 0 Å². The van der Waals surface area contributed by atoms with E-state index in [-0.39, 0.29) is 0 Å². The van der Waals surface area contributed by atoms with Gasteiger partial charge in [0.25, 0.3) is 0 Å². The van der Waals surface area contributed by atoms with Crippen LogP contribution in [0, 0.1) is 27.7 Å². The van der Waals surface area contributed by atoms with Crippen molar-refractivity contribution in [2.75, 3.05) is 0 Å². The summed E-state index contributed by atoms with van der Waals surface area (Å²) >= 11 is 0. The number of ether oxygens (including phenoxy) is 1. The molecule has 0 saturated carbocycles. The Hall–Kier alpha value is -1.76. The molecule has 0 atom stereocenters. The van der Waals surface area contributed by atoms with Crippen molar-refractivity contribution in [1.82, 2.24) is 0 Å². The molecule has 0 saturated heterocycles. The molecule has 0 spiro atoms. The van der Waals surface area contributed by atoms with Crippen LogP contribution in [0.1, 0.15) is 22.3 Å². The minimum absolute atomic E-state index is 0.929. The van der Waals surface area contributed by atoms with Gasteiger partial charge in [-0.3, -0.25) is 0 Å². The molecule has 0 aliphatic heterocycles. The number of rotatable bonds is 2. The summed E-state index contributed by atoms with van der Waals surface area (Å²) < 4.78 is 5.98. The van der Waals surface area contributed by atoms with Gasteiger partial charge in [-0.15, -0.1) is 0 Å². The third kappa shape index (κ3) is 2.50. The molecule has 0 radical (unpaired) electrons. The fourth-order valence-corrected chi connectivity index (χ4v) is 1.83. The van der Waals surface area contributed by atoms with E-state index in [4.69, 9.17) is 4.74 Å². The third-order valence-electron chi connectivity index (χ3n) is 3.10. The normalized spacial score (nSPS) is 10.4. The van der Waals surface area contributed by atoms with Crippen molar-refractivity contribution in [2.45, 2.75) is 27.7 Å². The van der Waals surface area contributed by atoms with E-state index in [2.05, 4.69) is 45.9 Å². The van der Waals surface area contributed by atoms with Gasteiger partial charge in [-0.1, -0.05) is 24.3 Å². The lowest BCUT2D eigenvalue weighted by atomic mass is 10.1. The minimum atomic E-state index is 0.929. The molecule has 0 fully saturated rings. The SMILES string of the molecule is Cc1cc(C)c(Oc2ccccc2C)cc1C. The van der Waals surface area contributed by atoms with Gasteiger partial charge in [0.2, 0.25) is 0 Å². The maximum absolute atomic E-state index is 5.98. The molecule has 1 nitrogen and oxygen atoms in total. The summed E-state index contributed by atoms with van der Waals surface area (Å²) in [4.78, 5) is 0. The van der Waals surface area contributed by atoms with E-state index in [9.17, 15) is 0 Å². The molecule has 0 heterocycles. The molecular weight excluding hydrogens is 208 g/mol. The summed E-state index contributed by atoms with van der Waals surface area (Å²) in [7, 11) is 0. The monoisotopic (exact) mass is 226 g/mol. The molecule has 0 N–H and O–H groups in total. The molecule has 2 aromatic rings. The first-order chi connectivity index (χ1) is 8.08. The predicted molar refractivity (Wildman–Crippen MR) is 71.9 cm³/mol. The fraction of sp³-hybridized carbons (Fsp3) is 0.250. The Balaban J connectivity index is 2.37. The zero-order valence-corrected chi connectivity index (χ0v) is 10.9. The molecule has 0 unspecified atom stereocenters. The molecule has 0 aromatic heterocycles. The lowest BCUT2D eigenvalue weighted by Gasteiger charge is -2.13. The topological polar surface area (TPSA) is 9.23 Å². The van der Waals surface area contributed by atoms with Gasteiger partial charge in [-0.25, -0.2) is 0 Å². The summed E-state index contributed by atoms with van der Waals surface area (Å²) in [6.07, 6.45) is 0. The van der Waals surface area contributed by atoms with E-state index in [0.29, 0.717) is 0 Å². The van der Waals surface area contributed by atoms with Gasteiger partial charge in [-0.2, -0.15) is 0 Å². The zero-order valence-electron chi connectivity index (χ0n) is 10.9. The van der Waals surface area contributed by atoms with Crippen LogP contribution in [0.2, 0.25) is 0 Å². The Morgan fingerprint density at radius 2 is 1.29 bits per heavy atom. The van der Waals surface area contributed by atoms with E-state index < -0.39 is 0 Å². The van der Waals surface area contributed by atoms with Gasteiger partial charge in [0, 0.05) is 0 Å². The van der Waals surface area contributed by atoms with Crippen molar-refractivity contribution in [3.63, 3.8) is 0 Å². The second-order valence-electron chi connectivity index (χ2n) is 4.57. The first-order valence-electron chi connectivity index (χ1n) is 5.89. The molecule has 17 heavy (non-hydrogen) atoms. The Labute approximate surface area is 103 Å². The average Bonchev–Trinajstić information content (AvgIpc) is 2.29. The predicted octanol–water partition coefficient (Wildman–Crippen LogP) is 4.71. The number of para-hydroxylation sites is 1. The number of hydrogen-bond acceptors (Lipinski definition) is 1. The van der Waals surface area contributed by atoms with Crippen molar-refractivity contribution in [1.29, 1.82) is 0 Å². The highest BCUT2D eigenvalue weighted by atomic mass is 16.5. The van der Waals surface area contributed by atoms with E-state index in [0.717, 1.165) is 17.1 Å². The molecule has 0 aliphatic rings. The van der Waals surface area contributed by atoms with Crippen molar-refractivity contribution >= 4 is 0 Å².